The van der Waals surface area contributed by atoms with Gasteiger partial charge in [0, 0.05) is 13.0 Å². The molecule has 0 rings (SSSR count). The summed E-state index contributed by atoms with van der Waals surface area (Å²) in [5.74, 6) is -0.756. The largest absolute Gasteiger partial charge is 0.748 e. The summed E-state index contributed by atoms with van der Waals surface area (Å²) >= 11 is 0. The summed E-state index contributed by atoms with van der Waals surface area (Å²) in [6.45, 7) is 0.853. The average molecular weight is 241 g/mol. The highest BCUT2D eigenvalue weighted by atomic mass is 32.2. The molecule has 0 fully saturated rings. The second-order valence-corrected chi connectivity index (χ2v) is 5.75. The standard InChI is InChI=1S/C8H19NO5S/c1-9(2,4-3-5-10)6-8(11)7-15(12,13)14/h8,10-11H,3-7H2,1-2H3. The minimum absolute atomic E-state index is 0.0532. The molecule has 0 aromatic heterocycles. The Hall–Kier alpha value is -0.210. The highest BCUT2D eigenvalue weighted by Crippen LogP contribution is 2.03. The number of nitrogens with zero attached hydrogens (tertiary/aromatic N) is 1. The molecule has 1 atom stereocenters. The monoisotopic (exact) mass is 241 g/mol. The topological polar surface area (TPSA) is 97.7 Å². The Morgan fingerprint density at radius 1 is 1.40 bits per heavy atom. The molecule has 2 N–H and O–H groups in total. The second-order valence-electron chi connectivity index (χ2n) is 4.30. The lowest BCUT2D eigenvalue weighted by Crippen LogP contribution is -2.47. The first-order valence-corrected chi connectivity index (χ1v) is 6.28. The summed E-state index contributed by atoms with van der Waals surface area (Å²) in [5.41, 5.74) is 0. The van der Waals surface area contributed by atoms with Crippen LogP contribution in [0.4, 0.5) is 0 Å². The van der Waals surface area contributed by atoms with Gasteiger partial charge >= 0.3 is 0 Å². The highest BCUT2D eigenvalue weighted by molar-refractivity contribution is 7.85. The van der Waals surface area contributed by atoms with E-state index in [-0.39, 0.29) is 13.2 Å². The van der Waals surface area contributed by atoms with Gasteiger partial charge in [0.25, 0.3) is 0 Å². The van der Waals surface area contributed by atoms with Crippen molar-refractivity contribution in [3.8, 4) is 0 Å². The lowest BCUT2D eigenvalue weighted by Gasteiger charge is -2.31. The molecule has 0 radical (unpaired) electrons. The summed E-state index contributed by atoms with van der Waals surface area (Å²) in [4.78, 5) is 0. The maximum atomic E-state index is 10.4. The van der Waals surface area contributed by atoms with Gasteiger partial charge < -0.3 is 19.2 Å². The molecular formula is C8H19NO5S. The van der Waals surface area contributed by atoms with Gasteiger partial charge in [0.15, 0.2) is 0 Å². The van der Waals surface area contributed by atoms with E-state index in [1.165, 1.54) is 0 Å². The van der Waals surface area contributed by atoms with Crippen molar-refractivity contribution in [1.82, 2.24) is 0 Å². The van der Waals surface area contributed by atoms with Crippen LogP contribution in [0.3, 0.4) is 0 Å². The van der Waals surface area contributed by atoms with Crippen molar-refractivity contribution >= 4 is 10.1 Å². The van der Waals surface area contributed by atoms with Gasteiger partial charge in [-0.05, 0) is 0 Å². The summed E-state index contributed by atoms with van der Waals surface area (Å²) in [5, 5.41) is 18.0. The molecule has 0 aliphatic heterocycles. The molecule has 0 bridgehead atoms. The molecule has 0 saturated heterocycles. The van der Waals surface area contributed by atoms with E-state index in [0.717, 1.165) is 0 Å². The average Bonchev–Trinajstić information content (AvgIpc) is 1.95. The third kappa shape index (κ3) is 8.76. The Kier molecular flexibility index (Phi) is 5.68. The Morgan fingerprint density at radius 3 is 2.33 bits per heavy atom. The van der Waals surface area contributed by atoms with E-state index in [0.29, 0.717) is 17.4 Å². The normalized spacial score (nSPS) is 15.3. The van der Waals surface area contributed by atoms with E-state index in [1.54, 1.807) is 14.1 Å². The molecule has 0 amide bonds. The van der Waals surface area contributed by atoms with Crippen LogP contribution in [0.25, 0.3) is 0 Å². The Balaban J connectivity index is 4.09. The van der Waals surface area contributed by atoms with Crippen LogP contribution in [0.2, 0.25) is 0 Å². The summed E-state index contributed by atoms with van der Waals surface area (Å²) < 4.78 is 31.5. The molecule has 7 heteroatoms. The number of hydrogen-bond donors (Lipinski definition) is 2. The minimum atomic E-state index is -4.38. The second kappa shape index (κ2) is 5.76. The van der Waals surface area contributed by atoms with Crippen molar-refractivity contribution in [2.75, 3.05) is 39.5 Å². The lowest BCUT2D eigenvalue weighted by molar-refractivity contribution is -0.893. The Morgan fingerprint density at radius 2 is 1.93 bits per heavy atom. The summed E-state index contributed by atoms with van der Waals surface area (Å²) in [6.07, 6.45) is -0.578. The van der Waals surface area contributed by atoms with Crippen LogP contribution >= 0.6 is 0 Å². The van der Waals surface area contributed by atoms with Crippen LogP contribution in [-0.2, 0) is 10.1 Å². The van der Waals surface area contributed by atoms with Crippen molar-refractivity contribution in [2.45, 2.75) is 12.5 Å². The highest BCUT2D eigenvalue weighted by Gasteiger charge is 2.21. The molecule has 92 valence electrons. The molecule has 0 heterocycles. The first kappa shape index (κ1) is 14.8. The number of likely N-dealkylation sites (N-methyl/N-ethyl adjacent to an activating group) is 1. The van der Waals surface area contributed by atoms with Gasteiger partial charge in [-0.15, -0.1) is 0 Å². The number of aliphatic hydroxyl groups excluding tert-OH is 2. The van der Waals surface area contributed by atoms with Crippen molar-refractivity contribution in [3.63, 3.8) is 0 Å². The third-order valence-corrected chi connectivity index (χ3v) is 2.82. The number of hydrogen-bond acceptors (Lipinski definition) is 5. The fraction of sp³-hybridized carbons (Fsp3) is 1.00. The first-order chi connectivity index (χ1) is 6.66. The quantitative estimate of drug-likeness (QED) is 0.411. The number of aliphatic hydroxyl groups is 2. The molecule has 0 spiro atoms. The fourth-order valence-electron chi connectivity index (χ4n) is 1.45. The molecule has 1 unspecified atom stereocenters. The predicted octanol–water partition coefficient (Wildman–Crippen LogP) is -1.65. The zero-order chi connectivity index (χ0) is 12.1. The van der Waals surface area contributed by atoms with Crippen LogP contribution in [0, 0.1) is 0 Å². The minimum Gasteiger partial charge on any atom is -0.748 e. The van der Waals surface area contributed by atoms with E-state index in [9.17, 15) is 18.1 Å². The van der Waals surface area contributed by atoms with Crippen molar-refractivity contribution in [1.29, 1.82) is 0 Å². The maximum Gasteiger partial charge on any atom is 0.116 e. The zero-order valence-electron chi connectivity index (χ0n) is 9.09. The van der Waals surface area contributed by atoms with Crippen molar-refractivity contribution < 1.29 is 27.7 Å². The predicted molar refractivity (Wildman–Crippen MR) is 54.1 cm³/mol. The molecule has 0 aromatic rings. The van der Waals surface area contributed by atoms with Crippen LogP contribution in [-0.4, -0.2) is 73.3 Å². The van der Waals surface area contributed by atoms with E-state index in [1.807, 2.05) is 0 Å². The van der Waals surface area contributed by atoms with Crippen LogP contribution in [0.5, 0.6) is 0 Å². The van der Waals surface area contributed by atoms with Crippen molar-refractivity contribution in [2.24, 2.45) is 0 Å². The van der Waals surface area contributed by atoms with Crippen LogP contribution < -0.4 is 0 Å². The molecule has 0 aromatic carbocycles. The number of quaternary nitrogens is 1. The van der Waals surface area contributed by atoms with E-state index in [4.69, 9.17) is 5.11 Å². The van der Waals surface area contributed by atoms with Gasteiger partial charge in [0.05, 0.1) is 36.5 Å². The lowest BCUT2D eigenvalue weighted by atomic mass is 10.3. The van der Waals surface area contributed by atoms with E-state index in [2.05, 4.69) is 0 Å². The smallest absolute Gasteiger partial charge is 0.116 e. The van der Waals surface area contributed by atoms with Gasteiger partial charge in [0.1, 0.15) is 12.6 Å². The fourth-order valence-corrected chi connectivity index (χ4v) is 2.03. The van der Waals surface area contributed by atoms with Gasteiger partial charge in [-0.1, -0.05) is 0 Å². The van der Waals surface area contributed by atoms with Gasteiger partial charge in [-0.25, -0.2) is 8.42 Å². The Bertz CT molecular complexity index is 275. The van der Waals surface area contributed by atoms with Gasteiger partial charge in [0.2, 0.25) is 0 Å². The number of rotatable bonds is 7. The molecule has 15 heavy (non-hydrogen) atoms. The maximum absolute atomic E-state index is 10.4. The molecule has 0 saturated carbocycles. The molecule has 6 nitrogen and oxygen atoms in total. The first-order valence-electron chi connectivity index (χ1n) is 4.71. The molecular weight excluding hydrogens is 222 g/mol. The molecule has 0 aliphatic carbocycles. The zero-order valence-corrected chi connectivity index (χ0v) is 9.90. The van der Waals surface area contributed by atoms with Gasteiger partial charge in [-0.3, -0.25) is 0 Å². The van der Waals surface area contributed by atoms with Crippen LogP contribution in [0.15, 0.2) is 0 Å². The van der Waals surface area contributed by atoms with Crippen LogP contribution in [0.1, 0.15) is 6.42 Å². The van der Waals surface area contributed by atoms with E-state index >= 15 is 0 Å². The summed E-state index contributed by atoms with van der Waals surface area (Å²) in [6, 6.07) is 0. The Labute approximate surface area is 90.5 Å². The van der Waals surface area contributed by atoms with Gasteiger partial charge in [-0.2, -0.15) is 0 Å². The third-order valence-electron chi connectivity index (χ3n) is 2.02. The SMILES string of the molecule is C[N+](C)(CCCO)CC(O)CS(=O)(=O)[O-]. The van der Waals surface area contributed by atoms with Crippen molar-refractivity contribution in [3.05, 3.63) is 0 Å². The van der Waals surface area contributed by atoms with E-state index < -0.39 is 22.0 Å². The summed E-state index contributed by atoms with van der Waals surface area (Å²) in [7, 11) is -0.772. The molecule has 0 aliphatic rings.